The van der Waals surface area contributed by atoms with Gasteiger partial charge in [0.2, 0.25) is 5.91 Å². The van der Waals surface area contributed by atoms with Gasteiger partial charge in [-0.15, -0.1) is 23.1 Å². The molecule has 0 spiro atoms. The highest BCUT2D eigenvalue weighted by molar-refractivity contribution is 7.98. The SMILES string of the molecule is CSc1nc(-c2ccco2)nc(C)c1C(=O)OCc1csc(CC(=O)Nc2ccccc2C)n1. The molecular formula is C24H22N4O4S2. The summed E-state index contributed by atoms with van der Waals surface area (Å²) in [6.07, 6.45) is 3.52. The van der Waals surface area contributed by atoms with Crippen LogP contribution in [0.3, 0.4) is 0 Å². The number of nitrogens with one attached hydrogen (secondary N) is 1. The molecule has 1 amide bonds. The van der Waals surface area contributed by atoms with E-state index in [-0.39, 0.29) is 18.9 Å². The van der Waals surface area contributed by atoms with Crippen LogP contribution in [-0.4, -0.2) is 33.1 Å². The number of carbonyl (C=O) groups is 2. The van der Waals surface area contributed by atoms with Gasteiger partial charge in [-0.3, -0.25) is 4.79 Å². The molecule has 1 N–H and O–H groups in total. The van der Waals surface area contributed by atoms with E-state index in [1.165, 1.54) is 23.1 Å². The highest BCUT2D eigenvalue weighted by atomic mass is 32.2. The Morgan fingerprint density at radius 2 is 1.94 bits per heavy atom. The first-order valence-electron chi connectivity index (χ1n) is 10.4. The van der Waals surface area contributed by atoms with E-state index in [4.69, 9.17) is 9.15 Å². The Morgan fingerprint density at radius 3 is 2.68 bits per heavy atom. The number of hydrogen-bond acceptors (Lipinski definition) is 9. The van der Waals surface area contributed by atoms with Crippen molar-refractivity contribution < 1.29 is 18.7 Å². The largest absolute Gasteiger partial charge is 0.461 e. The maximum absolute atomic E-state index is 12.8. The zero-order valence-corrected chi connectivity index (χ0v) is 20.5. The number of thioether (sulfide) groups is 1. The molecule has 0 bridgehead atoms. The fraction of sp³-hybridized carbons (Fsp3) is 0.208. The van der Waals surface area contributed by atoms with E-state index in [0.29, 0.717) is 38.6 Å². The third kappa shape index (κ3) is 5.52. The Labute approximate surface area is 204 Å². The van der Waals surface area contributed by atoms with Gasteiger partial charge < -0.3 is 14.5 Å². The lowest BCUT2D eigenvalue weighted by Crippen LogP contribution is -2.15. The Kier molecular flexibility index (Phi) is 7.39. The summed E-state index contributed by atoms with van der Waals surface area (Å²) in [4.78, 5) is 38.4. The van der Waals surface area contributed by atoms with E-state index in [1.807, 2.05) is 37.4 Å². The van der Waals surface area contributed by atoms with Crippen LogP contribution in [0.15, 0.2) is 57.5 Å². The lowest BCUT2D eigenvalue weighted by molar-refractivity contribution is -0.115. The van der Waals surface area contributed by atoms with Gasteiger partial charge in [0.15, 0.2) is 11.6 Å². The minimum Gasteiger partial charge on any atom is -0.461 e. The van der Waals surface area contributed by atoms with Crippen molar-refractivity contribution in [3.8, 4) is 11.6 Å². The molecule has 34 heavy (non-hydrogen) atoms. The van der Waals surface area contributed by atoms with E-state index in [9.17, 15) is 9.59 Å². The Hall–Kier alpha value is -3.50. The van der Waals surface area contributed by atoms with Crippen LogP contribution in [0.2, 0.25) is 0 Å². The molecule has 0 unspecified atom stereocenters. The third-order valence-corrected chi connectivity index (χ3v) is 6.46. The molecule has 10 heteroatoms. The number of amides is 1. The number of anilines is 1. The lowest BCUT2D eigenvalue weighted by atomic mass is 10.2. The zero-order valence-electron chi connectivity index (χ0n) is 18.8. The number of nitrogens with zero attached hydrogens (tertiary/aromatic N) is 3. The molecule has 1 aromatic carbocycles. The van der Waals surface area contributed by atoms with Crippen LogP contribution >= 0.6 is 23.1 Å². The highest BCUT2D eigenvalue weighted by Crippen LogP contribution is 2.26. The maximum atomic E-state index is 12.8. The third-order valence-electron chi connectivity index (χ3n) is 4.88. The van der Waals surface area contributed by atoms with E-state index < -0.39 is 5.97 Å². The second kappa shape index (κ2) is 10.6. The van der Waals surface area contributed by atoms with Gasteiger partial charge >= 0.3 is 5.97 Å². The molecule has 0 radical (unpaired) electrons. The number of ether oxygens (including phenoxy) is 1. The molecule has 0 aliphatic heterocycles. The van der Waals surface area contributed by atoms with Crippen LogP contribution in [-0.2, 0) is 22.6 Å². The number of aryl methyl sites for hydroxylation is 2. The standard InChI is InChI=1S/C24H22N4O4S2/c1-14-7-4-5-8-17(14)27-19(29)11-20-26-16(13-34-20)12-32-24(30)21-15(2)25-22(28-23(21)33-3)18-9-6-10-31-18/h4-10,13H,11-12H2,1-3H3,(H,27,29). The summed E-state index contributed by atoms with van der Waals surface area (Å²) < 4.78 is 10.8. The zero-order chi connectivity index (χ0) is 24.1. The maximum Gasteiger partial charge on any atom is 0.343 e. The van der Waals surface area contributed by atoms with Crippen LogP contribution in [0.4, 0.5) is 5.69 Å². The molecule has 0 saturated heterocycles. The number of hydrogen-bond donors (Lipinski definition) is 1. The molecule has 8 nitrogen and oxygen atoms in total. The summed E-state index contributed by atoms with van der Waals surface area (Å²) in [5, 5.41) is 5.83. The summed E-state index contributed by atoms with van der Waals surface area (Å²) >= 11 is 2.68. The first kappa shape index (κ1) is 23.7. The van der Waals surface area contributed by atoms with Gasteiger partial charge in [-0.25, -0.2) is 19.7 Å². The summed E-state index contributed by atoms with van der Waals surface area (Å²) in [5.41, 5.74) is 3.16. The van der Waals surface area contributed by atoms with Crippen LogP contribution < -0.4 is 5.32 Å². The van der Waals surface area contributed by atoms with Gasteiger partial charge in [-0.05, 0) is 43.9 Å². The molecule has 0 fully saturated rings. The Bertz CT molecular complexity index is 1320. The van der Waals surface area contributed by atoms with Crippen molar-refractivity contribution in [2.45, 2.75) is 31.9 Å². The molecule has 0 aliphatic carbocycles. The van der Waals surface area contributed by atoms with Gasteiger partial charge in [-0.2, -0.15) is 0 Å². The minimum absolute atomic E-state index is 0.0120. The summed E-state index contributed by atoms with van der Waals surface area (Å²) in [5.74, 6) is 0.261. The van der Waals surface area contributed by atoms with Gasteiger partial charge in [0.05, 0.1) is 24.1 Å². The first-order valence-corrected chi connectivity index (χ1v) is 12.5. The number of para-hydroxylation sites is 1. The van der Waals surface area contributed by atoms with Crippen molar-refractivity contribution in [2.75, 3.05) is 11.6 Å². The van der Waals surface area contributed by atoms with Crippen molar-refractivity contribution in [3.05, 3.63) is 75.6 Å². The average molecular weight is 495 g/mol. The van der Waals surface area contributed by atoms with Crippen molar-refractivity contribution >= 4 is 40.7 Å². The Morgan fingerprint density at radius 1 is 1.12 bits per heavy atom. The quantitative estimate of drug-likeness (QED) is 0.206. The van der Waals surface area contributed by atoms with Gasteiger partial charge in [0, 0.05) is 11.1 Å². The van der Waals surface area contributed by atoms with Crippen molar-refractivity contribution in [1.82, 2.24) is 15.0 Å². The fourth-order valence-electron chi connectivity index (χ4n) is 3.20. The number of carbonyl (C=O) groups excluding carboxylic acids is 2. The first-order chi connectivity index (χ1) is 16.4. The molecule has 0 atom stereocenters. The van der Waals surface area contributed by atoms with E-state index in [2.05, 4.69) is 20.3 Å². The molecular weight excluding hydrogens is 472 g/mol. The topological polar surface area (TPSA) is 107 Å². The number of thiazole rings is 1. The van der Waals surface area contributed by atoms with E-state index in [0.717, 1.165) is 11.3 Å². The molecule has 3 heterocycles. The number of aromatic nitrogens is 3. The number of esters is 1. The molecule has 0 saturated carbocycles. The number of rotatable bonds is 8. The fourth-order valence-corrected chi connectivity index (χ4v) is 4.59. The van der Waals surface area contributed by atoms with Crippen LogP contribution in [0, 0.1) is 13.8 Å². The number of furan rings is 1. The van der Waals surface area contributed by atoms with Crippen LogP contribution in [0.1, 0.15) is 32.3 Å². The average Bonchev–Trinajstić information content (AvgIpc) is 3.51. The van der Waals surface area contributed by atoms with Crippen LogP contribution in [0.5, 0.6) is 0 Å². The summed E-state index contributed by atoms with van der Waals surface area (Å²) in [6.45, 7) is 3.66. The summed E-state index contributed by atoms with van der Waals surface area (Å²) in [7, 11) is 0. The van der Waals surface area contributed by atoms with E-state index in [1.54, 1.807) is 30.7 Å². The van der Waals surface area contributed by atoms with Gasteiger partial charge in [0.25, 0.3) is 0 Å². The van der Waals surface area contributed by atoms with Gasteiger partial charge in [-0.1, -0.05) is 18.2 Å². The second-order valence-corrected chi connectivity index (χ2v) is 9.08. The second-order valence-electron chi connectivity index (χ2n) is 7.34. The number of benzene rings is 1. The summed E-state index contributed by atoms with van der Waals surface area (Å²) in [6, 6.07) is 11.1. The normalized spacial score (nSPS) is 10.8. The molecule has 4 aromatic rings. The van der Waals surface area contributed by atoms with Crippen LogP contribution in [0.25, 0.3) is 11.6 Å². The van der Waals surface area contributed by atoms with Crippen molar-refractivity contribution in [1.29, 1.82) is 0 Å². The van der Waals surface area contributed by atoms with Gasteiger partial charge in [0.1, 0.15) is 22.2 Å². The molecule has 3 aromatic heterocycles. The predicted molar refractivity (Wildman–Crippen MR) is 131 cm³/mol. The van der Waals surface area contributed by atoms with Crippen molar-refractivity contribution in [2.24, 2.45) is 0 Å². The monoisotopic (exact) mass is 494 g/mol. The highest BCUT2D eigenvalue weighted by Gasteiger charge is 2.21. The van der Waals surface area contributed by atoms with Crippen molar-refractivity contribution in [3.63, 3.8) is 0 Å². The minimum atomic E-state index is -0.528. The predicted octanol–water partition coefficient (Wildman–Crippen LogP) is 5.07. The smallest absolute Gasteiger partial charge is 0.343 e. The molecule has 4 rings (SSSR count). The Balaban J connectivity index is 1.38. The lowest BCUT2D eigenvalue weighted by Gasteiger charge is -2.10. The molecule has 174 valence electrons. The molecule has 0 aliphatic rings. The van der Waals surface area contributed by atoms with E-state index >= 15 is 0 Å².